The number of ether oxygens (including phenoxy) is 1. The van der Waals surface area contributed by atoms with Crippen molar-refractivity contribution in [3.63, 3.8) is 0 Å². The minimum absolute atomic E-state index is 0.0770. The van der Waals surface area contributed by atoms with Crippen LogP contribution in [-0.2, 0) is 11.2 Å². The Kier molecular flexibility index (Phi) is 7.14. The third kappa shape index (κ3) is 4.75. The summed E-state index contributed by atoms with van der Waals surface area (Å²) in [6.45, 7) is 4.76. The smallest absolute Gasteiger partial charge is 0.348 e. The van der Waals surface area contributed by atoms with Gasteiger partial charge in [0.15, 0.2) is 16.6 Å². The lowest BCUT2D eigenvalue weighted by molar-refractivity contribution is 0.0538. The number of carbonyl (C=O) groups is 3. The van der Waals surface area contributed by atoms with Gasteiger partial charge in [-0.3, -0.25) is 9.59 Å². The Labute approximate surface area is 189 Å². The lowest BCUT2D eigenvalue weighted by Crippen LogP contribution is -2.55. The van der Waals surface area contributed by atoms with E-state index in [9.17, 15) is 19.5 Å². The van der Waals surface area contributed by atoms with E-state index in [0.29, 0.717) is 24.6 Å². The first-order valence-electron chi connectivity index (χ1n) is 10.3. The summed E-state index contributed by atoms with van der Waals surface area (Å²) in [5.74, 6) is -1.68. The Balaban J connectivity index is 1.74. The van der Waals surface area contributed by atoms with Crippen LogP contribution in [-0.4, -0.2) is 89.2 Å². The number of aryl methyl sites for hydroxylation is 2. The van der Waals surface area contributed by atoms with Crippen LogP contribution < -0.4 is 10.2 Å². The first-order valence-corrected chi connectivity index (χ1v) is 11.1. The molecule has 3 heterocycles. The van der Waals surface area contributed by atoms with E-state index in [2.05, 4.69) is 20.3 Å². The molecule has 2 atom stereocenters. The number of piperidine rings is 1. The van der Waals surface area contributed by atoms with Gasteiger partial charge in [0.2, 0.25) is 0 Å². The predicted molar refractivity (Wildman–Crippen MR) is 119 cm³/mol. The van der Waals surface area contributed by atoms with E-state index < -0.39 is 11.9 Å². The maximum atomic E-state index is 12.7. The normalized spacial score (nSPS) is 18.5. The van der Waals surface area contributed by atoms with E-state index >= 15 is 0 Å². The maximum absolute atomic E-state index is 12.7. The number of aromatic carboxylic acids is 1. The van der Waals surface area contributed by atoms with Gasteiger partial charge in [0.05, 0.1) is 17.8 Å². The van der Waals surface area contributed by atoms with Gasteiger partial charge in [-0.2, -0.15) is 0 Å². The zero-order valence-electron chi connectivity index (χ0n) is 18.8. The van der Waals surface area contributed by atoms with Gasteiger partial charge in [-0.1, -0.05) is 18.3 Å². The van der Waals surface area contributed by atoms with Crippen LogP contribution in [0.1, 0.15) is 55.5 Å². The van der Waals surface area contributed by atoms with Crippen molar-refractivity contribution in [1.82, 2.24) is 25.2 Å². The Morgan fingerprint density at radius 2 is 2.06 bits per heavy atom. The monoisotopic (exact) mass is 464 g/mol. The molecule has 1 fully saturated rings. The lowest BCUT2D eigenvalue weighted by atomic mass is 10.0. The number of aromatic nitrogens is 3. The van der Waals surface area contributed by atoms with Crippen molar-refractivity contribution in [3.05, 3.63) is 27.8 Å². The lowest BCUT2D eigenvalue weighted by Gasteiger charge is -2.37. The Morgan fingerprint density at radius 3 is 2.62 bits per heavy atom. The number of nitrogens with one attached hydrogen (secondary N) is 2. The van der Waals surface area contributed by atoms with Crippen LogP contribution >= 0.6 is 11.3 Å². The van der Waals surface area contributed by atoms with Crippen molar-refractivity contribution in [2.45, 2.75) is 38.8 Å². The molecule has 3 rings (SSSR count). The van der Waals surface area contributed by atoms with Gasteiger partial charge < -0.3 is 29.9 Å². The number of nitrogens with zero attached hydrogens (tertiary/aromatic N) is 4. The van der Waals surface area contributed by atoms with Crippen LogP contribution in [0.15, 0.2) is 0 Å². The Hall–Kier alpha value is -2.99. The average molecular weight is 465 g/mol. The molecular weight excluding hydrogens is 436 g/mol. The number of imidazole rings is 1. The third-order valence-electron chi connectivity index (χ3n) is 5.42. The molecule has 1 aliphatic rings. The van der Waals surface area contributed by atoms with Gasteiger partial charge in [0.1, 0.15) is 4.88 Å². The van der Waals surface area contributed by atoms with Crippen LogP contribution in [0.3, 0.4) is 0 Å². The van der Waals surface area contributed by atoms with Crippen molar-refractivity contribution in [2.75, 3.05) is 39.2 Å². The molecule has 12 heteroatoms. The van der Waals surface area contributed by atoms with Crippen LogP contribution in [0.5, 0.6) is 0 Å². The number of methoxy groups -OCH3 is 1. The van der Waals surface area contributed by atoms with Crippen LogP contribution in [0.2, 0.25) is 0 Å². The van der Waals surface area contributed by atoms with Gasteiger partial charge in [-0.25, -0.2) is 14.8 Å². The second-order valence-electron chi connectivity index (χ2n) is 7.77. The number of H-pyrrole nitrogens is 1. The molecule has 0 bridgehead atoms. The number of carboxylic acids is 1. The van der Waals surface area contributed by atoms with Crippen LogP contribution in [0, 0.1) is 6.92 Å². The van der Waals surface area contributed by atoms with Crippen LogP contribution in [0.4, 0.5) is 5.13 Å². The number of rotatable bonds is 7. The average Bonchev–Trinajstić information content (AvgIpc) is 3.37. The standard InChI is InChI=1S/C20H28N6O5S/c1-6-11-10(2)21-16(22-11)17(27)23-12-7-8-26(9-13(12)31-5)20-24-14(18(28)25(3)4)15(32-20)19(29)30/h12-13H,6-9H2,1-5H3,(H,21,22)(H,23,27)(H,29,30)/t12?,13-/m0/s1. The highest BCUT2D eigenvalue weighted by atomic mass is 32.1. The maximum Gasteiger partial charge on any atom is 0.348 e. The van der Waals surface area contributed by atoms with Gasteiger partial charge >= 0.3 is 5.97 Å². The van der Waals surface area contributed by atoms with Crippen molar-refractivity contribution < 1.29 is 24.2 Å². The Bertz CT molecular complexity index is 1020. The number of aromatic amines is 1. The van der Waals surface area contributed by atoms with E-state index in [-0.39, 0.29) is 34.4 Å². The molecule has 0 saturated carbocycles. The molecule has 32 heavy (non-hydrogen) atoms. The molecule has 0 spiro atoms. The summed E-state index contributed by atoms with van der Waals surface area (Å²) in [4.78, 5) is 51.4. The molecular formula is C20H28N6O5S. The zero-order chi connectivity index (χ0) is 23.6. The van der Waals surface area contributed by atoms with Crippen molar-refractivity contribution in [2.24, 2.45) is 0 Å². The molecule has 2 amide bonds. The van der Waals surface area contributed by atoms with E-state index in [1.165, 1.54) is 4.90 Å². The molecule has 3 N–H and O–H groups in total. The largest absolute Gasteiger partial charge is 0.477 e. The fourth-order valence-corrected chi connectivity index (χ4v) is 4.56. The summed E-state index contributed by atoms with van der Waals surface area (Å²) in [5, 5.41) is 12.9. The van der Waals surface area contributed by atoms with Gasteiger partial charge in [0.25, 0.3) is 11.8 Å². The number of thiazole rings is 1. The van der Waals surface area contributed by atoms with Crippen molar-refractivity contribution in [3.8, 4) is 0 Å². The zero-order valence-corrected chi connectivity index (χ0v) is 19.6. The molecule has 2 aromatic heterocycles. The second-order valence-corrected chi connectivity index (χ2v) is 8.75. The topological polar surface area (TPSA) is 141 Å². The minimum atomic E-state index is -1.19. The number of carboxylic acid groups (broad SMARTS) is 1. The number of hydrogen-bond donors (Lipinski definition) is 3. The highest BCUT2D eigenvalue weighted by Crippen LogP contribution is 2.30. The van der Waals surface area contributed by atoms with E-state index in [4.69, 9.17) is 4.74 Å². The first-order chi connectivity index (χ1) is 15.2. The first kappa shape index (κ1) is 23.7. The molecule has 11 nitrogen and oxygen atoms in total. The summed E-state index contributed by atoms with van der Waals surface area (Å²) in [5.41, 5.74) is 1.65. The molecule has 0 radical (unpaired) electrons. The molecule has 0 aromatic carbocycles. The van der Waals surface area contributed by atoms with Gasteiger partial charge in [-0.05, 0) is 19.8 Å². The van der Waals surface area contributed by atoms with E-state index in [0.717, 1.165) is 29.1 Å². The summed E-state index contributed by atoms with van der Waals surface area (Å²) in [7, 11) is 4.66. The number of carbonyl (C=O) groups excluding carboxylic acids is 2. The second kappa shape index (κ2) is 9.65. The van der Waals surface area contributed by atoms with Gasteiger partial charge in [-0.15, -0.1) is 0 Å². The molecule has 174 valence electrons. The van der Waals surface area contributed by atoms with E-state index in [1.807, 2.05) is 18.7 Å². The van der Waals surface area contributed by atoms with Crippen molar-refractivity contribution >= 4 is 34.3 Å². The van der Waals surface area contributed by atoms with E-state index in [1.54, 1.807) is 21.2 Å². The summed E-state index contributed by atoms with van der Waals surface area (Å²) in [6, 6.07) is -0.249. The van der Waals surface area contributed by atoms with Crippen molar-refractivity contribution in [1.29, 1.82) is 0 Å². The molecule has 0 aliphatic carbocycles. The molecule has 1 unspecified atom stereocenters. The predicted octanol–water partition coefficient (Wildman–Crippen LogP) is 1.16. The summed E-state index contributed by atoms with van der Waals surface area (Å²) < 4.78 is 5.61. The fraction of sp³-hybridized carbons (Fsp3) is 0.550. The molecule has 2 aromatic rings. The third-order valence-corrected chi connectivity index (χ3v) is 6.53. The minimum Gasteiger partial charge on any atom is -0.477 e. The number of hydrogen-bond acceptors (Lipinski definition) is 8. The summed E-state index contributed by atoms with van der Waals surface area (Å²) >= 11 is 0.961. The van der Waals surface area contributed by atoms with Crippen LogP contribution in [0.25, 0.3) is 0 Å². The highest BCUT2D eigenvalue weighted by Gasteiger charge is 2.34. The molecule has 1 aliphatic heterocycles. The quantitative estimate of drug-likeness (QED) is 0.554. The fourth-order valence-electron chi connectivity index (χ4n) is 3.63. The number of amides is 2. The number of anilines is 1. The molecule has 1 saturated heterocycles. The summed E-state index contributed by atoms with van der Waals surface area (Å²) in [6.07, 6.45) is 0.971. The Morgan fingerprint density at radius 1 is 1.34 bits per heavy atom. The SMILES string of the molecule is CCc1[nH]c(C(=O)NC2CCN(c3nc(C(=O)N(C)C)c(C(=O)O)s3)C[C@@H]2OC)nc1C. The van der Waals surface area contributed by atoms with Gasteiger partial charge in [0, 0.05) is 40.0 Å². The highest BCUT2D eigenvalue weighted by molar-refractivity contribution is 7.17.